The lowest BCUT2D eigenvalue weighted by atomic mass is 9.42. The first-order chi connectivity index (χ1) is 16.9. The maximum Gasteiger partial charge on any atom is 0.293 e. The number of hydrogen-bond acceptors (Lipinski definition) is 5. The number of methoxy groups -OCH3 is 1. The van der Waals surface area contributed by atoms with E-state index in [-0.39, 0.29) is 39.6 Å². The van der Waals surface area contributed by atoms with Crippen molar-refractivity contribution >= 4 is 6.47 Å². The minimum Gasteiger partial charge on any atom is -0.458 e. The number of carbonyl (C=O) groups excluding carboxylic acids is 1. The zero-order chi connectivity index (χ0) is 26.3. The molecule has 5 saturated carbocycles. The van der Waals surface area contributed by atoms with Crippen LogP contribution < -0.4 is 0 Å². The Hall–Kier alpha value is -0.910. The Balaban J connectivity index is 1.42. The van der Waals surface area contributed by atoms with Crippen molar-refractivity contribution in [3.8, 4) is 0 Å². The first-order valence-electron chi connectivity index (χ1n) is 14.5. The summed E-state index contributed by atoms with van der Waals surface area (Å²) in [5, 5.41) is 22.8. The Bertz CT molecular complexity index is 903. The van der Waals surface area contributed by atoms with Crippen LogP contribution in [0.5, 0.6) is 0 Å². The number of aliphatic hydroxyl groups excluding tert-OH is 2. The van der Waals surface area contributed by atoms with Gasteiger partial charge in [0.05, 0.1) is 18.3 Å². The van der Waals surface area contributed by atoms with Gasteiger partial charge in [-0.2, -0.15) is 0 Å². The van der Waals surface area contributed by atoms with Gasteiger partial charge in [0, 0.05) is 13.0 Å². The monoisotopic (exact) mass is 502 g/mol. The summed E-state index contributed by atoms with van der Waals surface area (Å²) in [5.41, 5.74) is 0.735. The quantitative estimate of drug-likeness (QED) is 0.330. The largest absolute Gasteiger partial charge is 0.458 e. The molecule has 0 unspecified atom stereocenters. The van der Waals surface area contributed by atoms with Crippen molar-refractivity contribution in [3.63, 3.8) is 0 Å². The molecule has 36 heavy (non-hydrogen) atoms. The van der Waals surface area contributed by atoms with Gasteiger partial charge < -0.3 is 19.7 Å². The topological polar surface area (TPSA) is 76.0 Å². The average molecular weight is 503 g/mol. The lowest BCUT2D eigenvalue weighted by Crippen LogP contribution is -2.64. The SMILES string of the molecule is C=C(C)[C@@H](CC[C@H](C)[C@@H]1CC[C@]2(C)[C@H]3[C@H](O)C[C@@H]4[C@@](C)(OC=O)[C@H](O)CC[C@]45C[C@]35CC[C@@]12C)OC. The van der Waals surface area contributed by atoms with Crippen LogP contribution in [0.3, 0.4) is 0 Å². The minimum absolute atomic E-state index is 0.0300. The Morgan fingerprint density at radius 2 is 1.78 bits per heavy atom. The molecule has 0 aromatic carbocycles. The lowest BCUT2D eigenvalue weighted by molar-refractivity contribution is -0.230. The number of ether oxygens (including phenoxy) is 2. The van der Waals surface area contributed by atoms with E-state index in [1.165, 1.54) is 19.3 Å². The smallest absolute Gasteiger partial charge is 0.293 e. The van der Waals surface area contributed by atoms with Gasteiger partial charge in [-0.05, 0) is 117 Å². The Morgan fingerprint density at radius 1 is 1.06 bits per heavy atom. The number of hydrogen-bond donors (Lipinski definition) is 2. The first kappa shape index (κ1) is 26.7. The van der Waals surface area contributed by atoms with E-state index in [2.05, 4.69) is 34.3 Å². The van der Waals surface area contributed by atoms with Crippen LogP contribution in [0.15, 0.2) is 12.2 Å². The maximum absolute atomic E-state index is 11.9. The third kappa shape index (κ3) is 3.21. The summed E-state index contributed by atoms with van der Waals surface area (Å²) >= 11 is 0. The van der Waals surface area contributed by atoms with E-state index in [4.69, 9.17) is 9.47 Å². The fraction of sp³-hybridized carbons (Fsp3) is 0.903. The third-order valence-electron chi connectivity index (χ3n) is 13.4. The van der Waals surface area contributed by atoms with E-state index in [1.807, 2.05) is 6.92 Å². The summed E-state index contributed by atoms with van der Waals surface area (Å²) in [7, 11) is 1.79. The summed E-state index contributed by atoms with van der Waals surface area (Å²) in [5.74, 6) is 1.58. The Labute approximate surface area is 218 Å². The highest BCUT2D eigenvalue weighted by atomic mass is 16.6. The van der Waals surface area contributed by atoms with E-state index >= 15 is 0 Å². The second-order valence-electron chi connectivity index (χ2n) is 14.4. The van der Waals surface area contributed by atoms with E-state index in [9.17, 15) is 15.0 Å². The van der Waals surface area contributed by atoms with Crippen LogP contribution in [0.25, 0.3) is 0 Å². The highest BCUT2D eigenvalue weighted by Crippen LogP contribution is 2.88. The van der Waals surface area contributed by atoms with E-state index in [0.29, 0.717) is 31.1 Å². The van der Waals surface area contributed by atoms with Gasteiger partial charge in [0.25, 0.3) is 6.47 Å². The normalized spacial score (nSPS) is 52.7. The lowest BCUT2D eigenvalue weighted by Gasteiger charge is -2.64. The predicted octanol–water partition coefficient (Wildman–Crippen LogP) is 5.67. The van der Waals surface area contributed by atoms with E-state index in [1.54, 1.807) is 7.11 Å². The second kappa shape index (κ2) is 8.55. The average Bonchev–Trinajstić information content (AvgIpc) is 3.38. The molecule has 5 fully saturated rings. The molecule has 2 spiro atoms. The van der Waals surface area contributed by atoms with Crippen LogP contribution in [-0.2, 0) is 14.3 Å². The summed E-state index contributed by atoms with van der Waals surface area (Å²) < 4.78 is 11.4. The van der Waals surface area contributed by atoms with Crippen molar-refractivity contribution < 1.29 is 24.5 Å². The van der Waals surface area contributed by atoms with Crippen molar-refractivity contribution in [3.05, 3.63) is 12.2 Å². The maximum atomic E-state index is 11.9. The number of aliphatic hydroxyl groups is 2. The number of fused-ring (bicyclic) bond motifs is 2. The molecule has 0 bridgehead atoms. The van der Waals surface area contributed by atoms with Crippen molar-refractivity contribution in [2.24, 2.45) is 45.3 Å². The molecule has 204 valence electrons. The molecular weight excluding hydrogens is 452 g/mol. The summed E-state index contributed by atoms with van der Waals surface area (Å²) in [6, 6.07) is 0. The standard InChI is InChI=1S/C31H50O5/c1-19(2)23(35-7)9-8-20(3)21-10-12-28(5)26-22(33)16-24-29(6,36-18-32)25(34)11-13-30(24)17-31(26,30)15-14-27(21,28)4/h18,20-26,33-34H,1,8-17H2,2-7H3/t20-,21-,22+,23+,24+,25+,26+,27-,28+,29+,30-,31+/m0/s1. The van der Waals surface area contributed by atoms with E-state index < -0.39 is 17.8 Å². The molecule has 0 radical (unpaired) electrons. The second-order valence-corrected chi connectivity index (χ2v) is 14.4. The molecule has 0 aromatic heterocycles. The van der Waals surface area contributed by atoms with Gasteiger partial charge in [-0.3, -0.25) is 4.79 Å². The van der Waals surface area contributed by atoms with Crippen LogP contribution >= 0.6 is 0 Å². The fourth-order valence-electron chi connectivity index (χ4n) is 11.4. The number of carbonyl (C=O) groups is 1. The molecule has 12 atom stereocenters. The van der Waals surface area contributed by atoms with E-state index in [0.717, 1.165) is 37.7 Å². The van der Waals surface area contributed by atoms with Crippen LogP contribution in [0, 0.1) is 45.3 Å². The molecule has 5 nitrogen and oxygen atoms in total. The zero-order valence-corrected chi connectivity index (χ0v) is 23.5. The minimum atomic E-state index is -0.898. The molecule has 5 rings (SSSR count). The summed E-state index contributed by atoms with van der Waals surface area (Å²) in [6.45, 7) is 16.1. The van der Waals surface area contributed by atoms with Crippen LogP contribution in [0.2, 0.25) is 0 Å². The van der Waals surface area contributed by atoms with Gasteiger partial charge >= 0.3 is 0 Å². The van der Waals surface area contributed by atoms with Crippen LogP contribution in [0.1, 0.15) is 98.8 Å². The van der Waals surface area contributed by atoms with Crippen LogP contribution in [0.4, 0.5) is 0 Å². The van der Waals surface area contributed by atoms with Crippen molar-refractivity contribution in [2.45, 2.75) is 123 Å². The molecule has 5 aliphatic rings. The highest BCUT2D eigenvalue weighted by molar-refractivity contribution is 5.41. The van der Waals surface area contributed by atoms with Crippen LogP contribution in [-0.4, -0.2) is 47.7 Å². The van der Waals surface area contributed by atoms with Gasteiger partial charge in [0.2, 0.25) is 0 Å². The Morgan fingerprint density at radius 3 is 2.42 bits per heavy atom. The zero-order valence-electron chi connectivity index (χ0n) is 23.5. The molecule has 0 aromatic rings. The molecule has 5 aliphatic carbocycles. The first-order valence-corrected chi connectivity index (χ1v) is 14.5. The van der Waals surface area contributed by atoms with Gasteiger partial charge in [-0.1, -0.05) is 32.9 Å². The van der Waals surface area contributed by atoms with Gasteiger partial charge in [-0.25, -0.2) is 0 Å². The van der Waals surface area contributed by atoms with Crippen molar-refractivity contribution in [1.29, 1.82) is 0 Å². The van der Waals surface area contributed by atoms with Gasteiger partial charge in [0.1, 0.15) is 5.60 Å². The van der Waals surface area contributed by atoms with Crippen molar-refractivity contribution in [1.82, 2.24) is 0 Å². The molecular formula is C31H50O5. The molecule has 5 heteroatoms. The molecule has 0 heterocycles. The number of rotatable bonds is 8. The van der Waals surface area contributed by atoms with Gasteiger partial charge in [-0.15, -0.1) is 0 Å². The third-order valence-corrected chi connectivity index (χ3v) is 13.4. The Kier molecular flexibility index (Phi) is 6.34. The molecule has 0 amide bonds. The summed E-state index contributed by atoms with van der Waals surface area (Å²) in [4.78, 5) is 11.5. The molecule has 2 N–H and O–H groups in total. The molecule has 0 saturated heterocycles. The van der Waals surface area contributed by atoms with Gasteiger partial charge in [0.15, 0.2) is 0 Å². The highest BCUT2D eigenvalue weighted by Gasteiger charge is 2.84. The predicted molar refractivity (Wildman–Crippen MR) is 140 cm³/mol. The summed E-state index contributed by atoms with van der Waals surface area (Å²) in [6.07, 6.45) is 9.44. The fourth-order valence-corrected chi connectivity index (χ4v) is 11.4. The van der Waals surface area contributed by atoms with Crippen molar-refractivity contribution in [2.75, 3.05) is 7.11 Å². The molecule has 0 aliphatic heterocycles.